The summed E-state index contributed by atoms with van der Waals surface area (Å²) in [6, 6.07) is 0. The van der Waals surface area contributed by atoms with Crippen molar-refractivity contribution in [1.29, 1.82) is 0 Å². The molecule has 0 aromatic carbocycles. The van der Waals surface area contributed by atoms with Crippen molar-refractivity contribution in [1.82, 2.24) is 0 Å². The molecule has 0 fully saturated rings. The molecule has 18 heavy (non-hydrogen) atoms. The van der Waals surface area contributed by atoms with Crippen LogP contribution in [0.4, 0.5) is 0 Å². The Balaban J connectivity index is 3.66. The second kappa shape index (κ2) is 10.8. The van der Waals surface area contributed by atoms with Crippen LogP contribution in [0.25, 0.3) is 0 Å². The summed E-state index contributed by atoms with van der Waals surface area (Å²) in [6.07, 6.45) is 10.6. The Kier molecular flexibility index (Phi) is 10.0. The maximum atomic E-state index is 10.8. The van der Waals surface area contributed by atoms with Gasteiger partial charge in [-0.25, -0.2) is 0 Å². The van der Waals surface area contributed by atoms with E-state index >= 15 is 0 Å². The van der Waals surface area contributed by atoms with Gasteiger partial charge in [0.25, 0.3) is 0 Å². The first-order valence-electron chi connectivity index (χ1n) is 6.67. The Hall–Kier alpha value is -1.32. The molecule has 104 valence electrons. The summed E-state index contributed by atoms with van der Waals surface area (Å²) in [5, 5.41) is 17.4. The summed E-state index contributed by atoms with van der Waals surface area (Å²) >= 11 is 0. The van der Waals surface area contributed by atoms with Gasteiger partial charge in [0, 0.05) is 0 Å². The largest absolute Gasteiger partial charge is 0.481 e. The molecule has 4 nitrogen and oxygen atoms in total. The fraction of sp³-hybridized carbons (Fsp3) is 0.714. The molecular weight excluding hydrogens is 232 g/mol. The van der Waals surface area contributed by atoms with Crippen LogP contribution in [0.15, 0.2) is 12.2 Å². The lowest BCUT2D eigenvalue weighted by Gasteiger charge is -2.08. The van der Waals surface area contributed by atoms with Gasteiger partial charge in [-0.1, -0.05) is 31.9 Å². The van der Waals surface area contributed by atoms with Crippen molar-refractivity contribution in [2.45, 2.75) is 58.3 Å². The van der Waals surface area contributed by atoms with Crippen LogP contribution in [0.2, 0.25) is 0 Å². The van der Waals surface area contributed by atoms with Crippen LogP contribution < -0.4 is 0 Å². The average molecular weight is 256 g/mol. The third kappa shape index (κ3) is 9.87. The fourth-order valence-electron chi connectivity index (χ4n) is 1.75. The third-order valence-corrected chi connectivity index (χ3v) is 2.83. The number of hydrogen-bond acceptors (Lipinski definition) is 2. The number of aliphatic carboxylic acids is 2. The quantitative estimate of drug-likeness (QED) is 0.438. The number of allylic oxidation sites excluding steroid dienone is 2. The van der Waals surface area contributed by atoms with E-state index in [1.54, 1.807) is 0 Å². The van der Waals surface area contributed by atoms with E-state index in [0.717, 1.165) is 19.3 Å². The zero-order valence-electron chi connectivity index (χ0n) is 11.1. The number of rotatable bonds is 11. The van der Waals surface area contributed by atoms with Gasteiger partial charge in [-0.05, 0) is 32.1 Å². The molecule has 0 aromatic rings. The molecule has 1 unspecified atom stereocenters. The van der Waals surface area contributed by atoms with Crippen LogP contribution in [-0.4, -0.2) is 22.2 Å². The summed E-state index contributed by atoms with van der Waals surface area (Å²) in [7, 11) is 0. The maximum absolute atomic E-state index is 10.8. The van der Waals surface area contributed by atoms with Crippen molar-refractivity contribution < 1.29 is 19.8 Å². The molecule has 1 atom stereocenters. The van der Waals surface area contributed by atoms with Gasteiger partial charge in [0.15, 0.2) is 0 Å². The molecule has 2 N–H and O–H groups in total. The van der Waals surface area contributed by atoms with Gasteiger partial charge in [0.1, 0.15) is 0 Å². The lowest BCUT2D eigenvalue weighted by atomic mass is 9.98. The first-order valence-corrected chi connectivity index (χ1v) is 6.67. The van der Waals surface area contributed by atoms with Gasteiger partial charge in [0.2, 0.25) is 0 Å². The molecule has 0 aliphatic rings. The van der Waals surface area contributed by atoms with Crippen molar-refractivity contribution in [2.75, 3.05) is 0 Å². The van der Waals surface area contributed by atoms with Crippen LogP contribution in [0.5, 0.6) is 0 Å². The zero-order chi connectivity index (χ0) is 13.8. The van der Waals surface area contributed by atoms with Crippen molar-refractivity contribution in [3.8, 4) is 0 Å². The molecule has 0 saturated carbocycles. The molecule has 0 spiro atoms. The molecular formula is C14H24O4. The molecule has 0 saturated heterocycles. The summed E-state index contributed by atoms with van der Waals surface area (Å²) in [5.74, 6) is -2.81. The van der Waals surface area contributed by atoms with Gasteiger partial charge >= 0.3 is 11.9 Å². The first kappa shape index (κ1) is 16.7. The molecule has 0 aromatic heterocycles. The van der Waals surface area contributed by atoms with Gasteiger partial charge in [-0.3, -0.25) is 9.59 Å². The van der Waals surface area contributed by atoms with E-state index in [9.17, 15) is 9.59 Å². The Morgan fingerprint density at radius 1 is 1.06 bits per heavy atom. The highest BCUT2D eigenvalue weighted by atomic mass is 16.4. The normalized spacial score (nSPS) is 12.7. The lowest BCUT2D eigenvalue weighted by molar-refractivity contribution is -0.148. The van der Waals surface area contributed by atoms with Gasteiger partial charge < -0.3 is 10.2 Å². The minimum atomic E-state index is -1.04. The fourth-order valence-corrected chi connectivity index (χ4v) is 1.75. The molecule has 0 radical (unpaired) electrons. The monoisotopic (exact) mass is 256 g/mol. The van der Waals surface area contributed by atoms with E-state index in [-0.39, 0.29) is 6.42 Å². The zero-order valence-corrected chi connectivity index (χ0v) is 11.1. The van der Waals surface area contributed by atoms with Crippen LogP contribution in [-0.2, 0) is 9.59 Å². The van der Waals surface area contributed by atoms with E-state index in [1.165, 1.54) is 19.3 Å². The maximum Gasteiger partial charge on any atom is 0.307 e. The van der Waals surface area contributed by atoms with Crippen LogP contribution >= 0.6 is 0 Å². The lowest BCUT2D eigenvalue weighted by Crippen LogP contribution is -2.17. The summed E-state index contributed by atoms with van der Waals surface area (Å²) in [6.45, 7) is 2.16. The van der Waals surface area contributed by atoms with Crippen LogP contribution in [0.3, 0.4) is 0 Å². The van der Waals surface area contributed by atoms with E-state index in [4.69, 9.17) is 10.2 Å². The van der Waals surface area contributed by atoms with Crippen LogP contribution in [0, 0.1) is 5.92 Å². The van der Waals surface area contributed by atoms with E-state index < -0.39 is 17.9 Å². The number of carboxylic acids is 2. The summed E-state index contributed by atoms with van der Waals surface area (Å²) in [4.78, 5) is 21.3. The summed E-state index contributed by atoms with van der Waals surface area (Å²) in [5.41, 5.74) is 0. The molecule has 0 rings (SSSR count). The van der Waals surface area contributed by atoms with Crippen molar-refractivity contribution >= 4 is 11.9 Å². The minimum absolute atomic E-state index is 0.282. The van der Waals surface area contributed by atoms with E-state index in [0.29, 0.717) is 6.42 Å². The predicted octanol–water partition coefficient (Wildman–Crippen LogP) is 3.47. The van der Waals surface area contributed by atoms with Crippen molar-refractivity contribution in [3.63, 3.8) is 0 Å². The Morgan fingerprint density at radius 2 is 1.67 bits per heavy atom. The Bertz CT molecular complexity index is 271. The number of carbonyl (C=O) groups is 2. The predicted molar refractivity (Wildman–Crippen MR) is 70.5 cm³/mol. The van der Waals surface area contributed by atoms with Gasteiger partial charge in [-0.2, -0.15) is 0 Å². The number of carboxylic acid groups (broad SMARTS) is 2. The second-order valence-corrected chi connectivity index (χ2v) is 4.53. The van der Waals surface area contributed by atoms with Crippen molar-refractivity contribution in [3.05, 3.63) is 12.2 Å². The molecule has 0 heterocycles. The highest BCUT2D eigenvalue weighted by Gasteiger charge is 2.19. The van der Waals surface area contributed by atoms with Gasteiger partial charge in [-0.15, -0.1) is 0 Å². The van der Waals surface area contributed by atoms with Crippen LogP contribution in [0.1, 0.15) is 58.3 Å². The highest BCUT2D eigenvalue weighted by Crippen LogP contribution is 2.13. The first-order chi connectivity index (χ1) is 8.57. The standard InChI is InChI=1S/C14H24O4/c1-2-3-4-5-6-7-8-9-10-12(14(17)18)11-13(15)16/h6-7,12H,2-5,8-11H2,1H3,(H,15,16)(H,17,18)/b7-6+. The SMILES string of the molecule is CCCCC/C=C/CCCC(CC(=O)O)C(=O)O. The Morgan fingerprint density at radius 3 is 2.17 bits per heavy atom. The third-order valence-electron chi connectivity index (χ3n) is 2.83. The topological polar surface area (TPSA) is 74.6 Å². The minimum Gasteiger partial charge on any atom is -0.481 e. The summed E-state index contributed by atoms with van der Waals surface area (Å²) < 4.78 is 0. The second-order valence-electron chi connectivity index (χ2n) is 4.53. The number of unbranched alkanes of at least 4 members (excludes halogenated alkanes) is 4. The smallest absolute Gasteiger partial charge is 0.307 e. The van der Waals surface area contributed by atoms with E-state index in [1.807, 2.05) is 0 Å². The van der Waals surface area contributed by atoms with E-state index in [2.05, 4.69) is 19.1 Å². The van der Waals surface area contributed by atoms with Crippen molar-refractivity contribution in [2.24, 2.45) is 5.92 Å². The highest BCUT2D eigenvalue weighted by molar-refractivity contribution is 5.77. The molecule has 0 bridgehead atoms. The molecule has 0 aliphatic carbocycles. The average Bonchev–Trinajstić information content (AvgIpc) is 2.30. The molecule has 0 amide bonds. The Labute approximate surface area is 109 Å². The molecule has 4 heteroatoms. The van der Waals surface area contributed by atoms with Gasteiger partial charge in [0.05, 0.1) is 12.3 Å². The molecule has 0 aliphatic heterocycles. The number of hydrogen-bond donors (Lipinski definition) is 2.